The van der Waals surface area contributed by atoms with E-state index in [1.165, 1.54) is 0 Å². The SMILES string of the molecule is O=C(O)C1CC2CC(CN3C[C@@H](Br)C[C@H]3C(=O)O)CCC2CN1. The topological polar surface area (TPSA) is 89.9 Å². The van der Waals surface area contributed by atoms with Gasteiger partial charge in [-0.05, 0) is 56.4 Å². The van der Waals surface area contributed by atoms with Crippen molar-refractivity contribution in [1.29, 1.82) is 0 Å². The second kappa shape index (κ2) is 7.07. The molecule has 6 nitrogen and oxygen atoms in total. The quantitative estimate of drug-likeness (QED) is 0.630. The van der Waals surface area contributed by atoms with E-state index in [0.29, 0.717) is 30.6 Å². The Morgan fingerprint density at radius 1 is 1.09 bits per heavy atom. The van der Waals surface area contributed by atoms with Crippen molar-refractivity contribution in [3.8, 4) is 0 Å². The van der Waals surface area contributed by atoms with E-state index in [-0.39, 0.29) is 10.9 Å². The predicted octanol–water partition coefficient (Wildman–Crippen LogP) is 1.39. The lowest BCUT2D eigenvalue weighted by molar-refractivity contribution is -0.143. The maximum Gasteiger partial charge on any atom is 0.320 e. The molecule has 7 heteroatoms. The zero-order valence-corrected chi connectivity index (χ0v) is 14.7. The Morgan fingerprint density at radius 3 is 2.57 bits per heavy atom. The van der Waals surface area contributed by atoms with Crippen LogP contribution < -0.4 is 5.32 Å². The van der Waals surface area contributed by atoms with Crippen LogP contribution in [0, 0.1) is 17.8 Å². The Bertz CT molecular complexity index is 475. The minimum atomic E-state index is -0.752. The number of carboxylic acids is 2. The highest BCUT2D eigenvalue weighted by Gasteiger charge is 2.41. The van der Waals surface area contributed by atoms with Gasteiger partial charge < -0.3 is 15.5 Å². The first-order chi connectivity index (χ1) is 10.9. The van der Waals surface area contributed by atoms with Crippen molar-refractivity contribution in [3.63, 3.8) is 0 Å². The van der Waals surface area contributed by atoms with Crippen LogP contribution in [-0.2, 0) is 9.59 Å². The number of rotatable bonds is 4. The van der Waals surface area contributed by atoms with Crippen molar-refractivity contribution in [2.75, 3.05) is 19.6 Å². The molecule has 3 rings (SSSR count). The van der Waals surface area contributed by atoms with Crippen molar-refractivity contribution >= 4 is 27.9 Å². The fraction of sp³-hybridized carbons (Fsp3) is 0.875. The van der Waals surface area contributed by atoms with Crippen LogP contribution in [0.4, 0.5) is 0 Å². The van der Waals surface area contributed by atoms with Crippen LogP contribution in [0.2, 0.25) is 0 Å². The predicted molar refractivity (Wildman–Crippen MR) is 88.7 cm³/mol. The van der Waals surface area contributed by atoms with E-state index in [2.05, 4.69) is 26.1 Å². The number of carbonyl (C=O) groups is 2. The summed E-state index contributed by atoms with van der Waals surface area (Å²) < 4.78 is 0. The van der Waals surface area contributed by atoms with Gasteiger partial charge in [-0.25, -0.2) is 0 Å². The van der Waals surface area contributed by atoms with Gasteiger partial charge in [-0.2, -0.15) is 0 Å². The largest absolute Gasteiger partial charge is 0.480 e. The molecule has 4 unspecified atom stereocenters. The van der Waals surface area contributed by atoms with Gasteiger partial charge in [0.1, 0.15) is 12.1 Å². The summed E-state index contributed by atoms with van der Waals surface area (Å²) in [7, 11) is 0. The average Bonchev–Trinajstić information content (AvgIpc) is 2.87. The van der Waals surface area contributed by atoms with Crippen LogP contribution in [0.15, 0.2) is 0 Å². The number of fused-ring (bicyclic) bond motifs is 1. The lowest BCUT2D eigenvalue weighted by atomic mass is 9.69. The highest BCUT2D eigenvalue weighted by atomic mass is 79.9. The Morgan fingerprint density at radius 2 is 1.87 bits per heavy atom. The van der Waals surface area contributed by atoms with Gasteiger partial charge >= 0.3 is 11.9 Å². The lowest BCUT2D eigenvalue weighted by Crippen LogP contribution is -2.50. The third kappa shape index (κ3) is 3.88. The molecule has 1 aliphatic carbocycles. The van der Waals surface area contributed by atoms with Crippen molar-refractivity contribution in [2.24, 2.45) is 17.8 Å². The number of halogens is 1. The normalized spacial score (nSPS) is 41.4. The van der Waals surface area contributed by atoms with Gasteiger partial charge in [0, 0.05) is 17.9 Å². The smallest absolute Gasteiger partial charge is 0.320 e. The summed E-state index contributed by atoms with van der Waals surface area (Å²) in [6, 6.07) is -0.794. The zero-order valence-electron chi connectivity index (χ0n) is 13.2. The fourth-order valence-electron chi connectivity index (χ4n) is 4.65. The standard InChI is InChI=1S/C16H25BrN2O4/c17-12-5-14(16(22)23)19(8-12)7-9-1-2-10-6-18-13(15(20)21)4-11(10)3-9/h9-14,18H,1-8H2,(H,20,21)(H,22,23)/t9?,10?,11?,12-,13?,14-/m0/s1. The molecule has 0 aromatic carbocycles. The summed E-state index contributed by atoms with van der Waals surface area (Å²) in [5.74, 6) is 0.0523. The molecule has 0 amide bonds. The van der Waals surface area contributed by atoms with E-state index in [9.17, 15) is 19.8 Å². The molecular formula is C16H25BrN2O4. The van der Waals surface area contributed by atoms with Gasteiger partial charge in [0.15, 0.2) is 0 Å². The van der Waals surface area contributed by atoms with E-state index in [1.54, 1.807) is 0 Å². The second-order valence-electron chi connectivity index (χ2n) is 7.37. The molecule has 0 radical (unpaired) electrons. The molecule has 1 saturated carbocycles. The summed E-state index contributed by atoms with van der Waals surface area (Å²) in [5.41, 5.74) is 0. The van der Waals surface area contributed by atoms with E-state index in [0.717, 1.165) is 38.9 Å². The highest BCUT2D eigenvalue weighted by Crippen LogP contribution is 2.39. The Labute approximate surface area is 144 Å². The van der Waals surface area contributed by atoms with Crippen LogP contribution in [0.25, 0.3) is 0 Å². The van der Waals surface area contributed by atoms with Crippen LogP contribution in [0.3, 0.4) is 0 Å². The molecule has 2 saturated heterocycles. The van der Waals surface area contributed by atoms with Gasteiger partial charge in [0.2, 0.25) is 0 Å². The number of piperidine rings is 1. The van der Waals surface area contributed by atoms with E-state index >= 15 is 0 Å². The van der Waals surface area contributed by atoms with Crippen LogP contribution >= 0.6 is 15.9 Å². The molecule has 3 N–H and O–H groups in total. The van der Waals surface area contributed by atoms with E-state index in [1.807, 2.05) is 0 Å². The number of aliphatic carboxylic acids is 2. The van der Waals surface area contributed by atoms with Crippen molar-refractivity contribution < 1.29 is 19.8 Å². The van der Waals surface area contributed by atoms with Gasteiger partial charge in [0.25, 0.3) is 0 Å². The highest BCUT2D eigenvalue weighted by molar-refractivity contribution is 9.09. The van der Waals surface area contributed by atoms with Crippen LogP contribution in [-0.4, -0.2) is 63.6 Å². The summed E-state index contributed by atoms with van der Waals surface area (Å²) >= 11 is 3.55. The summed E-state index contributed by atoms with van der Waals surface area (Å²) in [6.07, 6.45) is 4.65. The lowest BCUT2D eigenvalue weighted by Gasteiger charge is -2.42. The van der Waals surface area contributed by atoms with E-state index in [4.69, 9.17) is 0 Å². The molecule has 0 aromatic rings. The molecule has 2 aliphatic heterocycles. The van der Waals surface area contributed by atoms with E-state index < -0.39 is 18.0 Å². The third-order valence-corrected chi connectivity index (χ3v) is 6.50. The second-order valence-corrected chi connectivity index (χ2v) is 8.67. The molecule has 6 atom stereocenters. The monoisotopic (exact) mass is 388 g/mol. The molecule has 23 heavy (non-hydrogen) atoms. The minimum Gasteiger partial charge on any atom is -0.480 e. The van der Waals surface area contributed by atoms with Crippen molar-refractivity contribution in [2.45, 2.75) is 49.0 Å². The third-order valence-electron chi connectivity index (χ3n) is 5.84. The molecule has 0 bridgehead atoms. The molecule has 0 spiro atoms. The van der Waals surface area contributed by atoms with Crippen LogP contribution in [0.1, 0.15) is 32.1 Å². The van der Waals surface area contributed by atoms with Crippen LogP contribution in [0.5, 0.6) is 0 Å². The fourth-order valence-corrected chi connectivity index (χ4v) is 5.38. The number of hydrogen-bond acceptors (Lipinski definition) is 4. The van der Waals surface area contributed by atoms with Crippen molar-refractivity contribution in [1.82, 2.24) is 10.2 Å². The van der Waals surface area contributed by atoms with Crippen molar-refractivity contribution in [3.05, 3.63) is 0 Å². The van der Waals surface area contributed by atoms with Gasteiger partial charge in [-0.3, -0.25) is 14.5 Å². The molecule has 2 heterocycles. The average molecular weight is 389 g/mol. The first-order valence-electron chi connectivity index (χ1n) is 8.51. The maximum absolute atomic E-state index is 11.4. The summed E-state index contributed by atoms with van der Waals surface area (Å²) in [6.45, 7) is 2.42. The molecular weight excluding hydrogens is 364 g/mol. The Hall–Kier alpha value is -0.660. The summed E-state index contributed by atoms with van der Waals surface area (Å²) in [4.78, 5) is 25.0. The Balaban J connectivity index is 1.57. The molecule has 0 aromatic heterocycles. The molecule has 3 fully saturated rings. The first-order valence-corrected chi connectivity index (χ1v) is 9.42. The first kappa shape index (κ1) is 17.2. The number of hydrogen-bond donors (Lipinski definition) is 3. The molecule has 3 aliphatic rings. The molecule has 130 valence electrons. The number of likely N-dealkylation sites (tertiary alicyclic amines) is 1. The summed E-state index contributed by atoms with van der Waals surface area (Å²) in [5, 5.41) is 21.7. The van der Waals surface area contributed by atoms with Gasteiger partial charge in [-0.15, -0.1) is 0 Å². The number of nitrogens with one attached hydrogen (secondary N) is 1. The van der Waals surface area contributed by atoms with Gasteiger partial charge in [-0.1, -0.05) is 15.9 Å². The maximum atomic E-state index is 11.4. The number of carboxylic acid groups (broad SMARTS) is 2. The number of nitrogens with zero attached hydrogens (tertiary/aromatic N) is 1. The Kier molecular flexibility index (Phi) is 5.28. The number of alkyl halides is 1. The van der Waals surface area contributed by atoms with Gasteiger partial charge in [0.05, 0.1) is 0 Å². The zero-order chi connectivity index (χ0) is 16.6. The minimum absolute atomic E-state index is 0.259.